The van der Waals surface area contributed by atoms with Crippen LogP contribution >= 0.6 is 0 Å². The van der Waals surface area contributed by atoms with Crippen molar-refractivity contribution in [2.24, 2.45) is 5.73 Å². The first-order chi connectivity index (χ1) is 11.5. The number of unbranched alkanes of at least 4 members (excludes halogenated alkanes) is 2. The molecular formula is C18H22N2O4. The smallest absolute Gasteiger partial charge is 0.338 e. The first kappa shape index (κ1) is 19.2. The van der Waals surface area contributed by atoms with E-state index in [-0.39, 0.29) is 11.3 Å². The van der Waals surface area contributed by atoms with Crippen LogP contribution in [0, 0.1) is 11.3 Å². The molecule has 0 unspecified atom stereocenters. The highest BCUT2D eigenvalue weighted by molar-refractivity contribution is 6.02. The van der Waals surface area contributed by atoms with Crippen LogP contribution in [-0.2, 0) is 9.53 Å². The van der Waals surface area contributed by atoms with Gasteiger partial charge in [-0.15, -0.1) is 0 Å². The normalized spacial score (nSPS) is 11.2. The van der Waals surface area contributed by atoms with Gasteiger partial charge in [-0.2, -0.15) is 5.26 Å². The lowest BCUT2D eigenvalue weighted by Gasteiger charge is -2.07. The Kier molecular flexibility index (Phi) is 8.06. The Hall–Kier alpha value is -2.81. The van der Waals surface area contributed by atoms with E-state index < -0.39 is 18.4 Å². The second-order valence-corrected chi connectivity index (χ2v) is 5.25. The van der Waals surface area contributed by atoms with Gasteiger partial charge in [-0.25, -0.2) is 4.79 Å². The predicted octanol–water partition coefficient (Wildman–Crippen LogP) is 2.74. The molecule has 1 aromatic rings. The Bertz CT molecular complexity index is 638. The van der Waals surface area contributed by atoms with Crippen LogP contribution in [0.5, 0.6) is 5.75 Å². The molecule has 1 aromatic carbocycles. The maximum absolute atomic E-state index is 11.9. The fourth-order valence-electron chi connectivity index (χ4n) is 1.89. The summed E-state index contributed by atoms with van der Waals surface area (Å²) in [5.74, 6) is -0.596. The van der Waals surface area contributed by atoms with Crippen LogP contribution in [0.1, 0.15) is 43.5 Å². The fraction of sp³-hybridized carbons (Fsp3) is 0.389. The van der Waals surface area contributed by atoms with E-state index in [1.807, 2.05) is 0 Å². The summed E-state index contributed by atoms with van der Waals surface area (Å²) in [6.07, 6.45) is 3.22. The summed E-state index contributed by atoms with van der Waals surface area (Å²) in [6.45, 7) is 3.67. The average Bonchev–Trinajstić information content (AvgIpc) is 2.57. The Morgan fingerprint density at radius 1 is 1.21 bits per heavy atom. The van der Waals surface area contributed by atoms with E-state index >= 15 is 0 Å². The number of Topliss-reactive ketones (excluding diaryl/α,β-unsaturated/α-hetero) is 1. The molecule has 1 rings (SSSR count). The molecule has 0 bridgehead atoms. The van der Waals surface area contributed by atoms with E-state index in [1.54, 1.807) is 30.3 Å². The quantitative estimate of drug-likeness (QED) is 0.323. The van der Waals surface area contributed by atoms with Crippen LogP contribution in [0.15, 0.2) is 35.5 Å². The van der Waals surface area contributed by atoms with E-state index in [0.29, 0.717) is 17.9 Å². The Morgan fingerprint density at radius 2 is 1.88 bits per heavy atom. The topological polar surface area (TPSA) is 102 Å². The molecule has 6 heteroatoms. The Balaban J connectivity index is 2.53. The summed E-state index contributed by atoms with van der Waals surface area (Å²) in [7, 11) is 0. The summed E-state index contributed by atoms with van der Waals surface area (Å²) in [4.78, 5) is 23.6. The van der Waals surface area contributed by atoms with Crippen molar-refractivity contribution in [1.82, 2.24) is 0 Å². The third kappa shape index (κ3) is 6.13. The first-order valence-electron chi connectivity index (χ1n) is 7.79. The van der Waals surface area contributed by atoms with Gasteiger partial charge in [0.05, 0.1) is 12.2 Å². The molecule has 0 saturated heterocycles. The van der Waals surface area contributed by atoms with Crippen LogP contribution in [0.25, 0.3) is 0 Å². The second kappa shape index (κ2) is 10.1. The van der Waals surface area contributed by atoms with Gasteiger partial charge < -0.3 is 15.2 Å². The van der Waals surface area contributed by atoms with Gasteiger partial charge in [0.2, 0.25) is 5.78 Å². The molecule has 0 amide bonds. The number of rotatable bonds is 9. The summed E-state index contributed by atoms with van der Waals surface area (Å²) in [5, 5.41) is 8.82. The highest BCUT2D eigenvalue weighted by Gasteiger charge is 2.15. The number of carbonyl (C=O) groups excluding carboxylic acids is 2. The number of carbonyl (C=O) groups is 2. The van der Waals surface area contributed by atoms with Crippen molar-refractivity contribution < 1.29 is 19.1 Å². The molecule has 0 aliphatic rings. The molecule has 2 N–H and O–H groups in total. The number of benzene rings is 1. The van der Waals surface area contributed by atoms with Crippen LogP contribution in [0.4, 0.5) is 0 Å². The number of nitrogens with zero attached hydrogens (tertiary/aromatic N) is 1. The number of nitriles is 1. The molecule has 0 aliphatic carbocycles. The van der Waals surface area contributed by atoms with Gasteiger partial charge in [0, 0.05) is 5.70 Å². The van der Waals surface area contributed by atoms with E-state index in [4.69, 9.17) is 20.5 Å². The van der Waals surface area contributed by atoms with Crippen molar-refractivity contribution >= 4 is 11.8 Å². The number of hydrogen-bond donors (Lipinski definition) is 1. The van der Waals surface area contributed by atoms with Crippen LogP contribution in [0.3, 0.4) is 0 Å². The van der Waals surface area contributed by atoms with Gasteiger partial charge in [0.25, 0.3) is 0 Å². The van der Waals surface area contributed by atoms with Gasteiger partial charge in [-0.1, -0.05) is 19.8 Å². The minimum Gasteiger partial charge on any atom is -0.494 e. The third-order valence-electron chi connectivity index (χ3n) is 3.23. The van der Waals surface area contributed by atoms with Crippen molar-refractivity contribution in [3.05, 3.63) is 41.1 Å². The SMILES string of the molecule is CCCCCOc1ccc(C(=O)OCC(=O)C(C#N)=C(C)N)cc1. The number of ketones is 1. The number of esters is 1. The highest BCUT2D eigenvalue weighted by Crippen LogP contribution is 2.14. The lowest BCUT2D eigenvalue weighted by molar-refractivity contribution is -0.118. The Labute approximate surface area is 141 Å². The minimum atomic E-state index is -0.646. The summed E-state index contributed by atoms with van der Waals surface area (Å²) in [6, 6.07) is 8.18. The molecule has 0 radical (unpaired) electrons. The van der Waals surface area contributed by atoms with Crippen molar-refractivity contribution in [1.29, 1.82) is 5.26 Å². The van der Waals surface area contributed by atoms with Gasteiger partial charge >= 0.3 is 5.97 Å². The van der Waals surface area contributed by atoms with Gasteiger partial charge in [0.15, 0.2) is 6.61 Å². The standard InChI is InChI=1S/C18H22N2O4/c1-3-4-5-10-23-15-8-6-14(7-9-15)18(22)24-12-17(21)16(11-19)13(2)20/h6-9H,3-5,10,12,20H2,1-2H3. The van der Waals surface area contributed by atoms with E-state index in [9.17, 15) is 9.59 Å². The second-order valence-electron chi connectivity index (χ2n) is 5.25. The number of nitrogens with two attached hydrogens (primary N) is 1. The zero-order valence-corrected chi connectivity index (χ0v) is 14.0. The lowest BCUT2D eigenvalue weighted by Crippen LogP contribution is -2.17. The van der Waals surface area contributed by atoms with Crippen LogP contribution < -0.4 is 10.5 Å². The fourth-order valence-corrected chi connectivity index (χ4v) is 1.89. The minimum absolute atomic E-state index is 0.100. The van der Waals surface area contributed by atoms with Gasteiger partial charge in [0.1, 0.15) is 17.4 Å². The maximum Gasteiger partial charge on any atom is 0.338 e. The molecule has 0 aromatic heterocycles. The molecule has 128 valence electrons. The average molecular weight is 330 g/mol. The number of hydrogen-bond acceptors (Lipinski definition) is 6. The number of allylic oxidation sites excluding steroid dienone is 1. The van der Waals surface area contributed by atoms with Crippen LogP contribution in [-0.4, -0.2) is 25.0 Å². The zero-order valence-electron chi connectivity index (χ0n) is 14.0. The summed E-state index contributed by atoms with van der Waals surface area (Å²) >= 11 is 0. The Morgan fingerprint density at radius 3 is 2.42 bits per heavy atom. The molecule has 0 spiro atoms. The molecular weight excluding hydrogens is 308 g/mol. The third-order valence-corrected chi connectivity index (χ3v) is 3.23. The summed E-state index contributed by atoms with van der Waals surface area (Å²) < 4.78 is 10.5. The zero-order chi connectivity index (χ0) is 17.9. The van der Waals surface area contributed by atoms with Crippen molar-refractivity contribution in [3.8, 4) is 11.8 Å². The van der Waals surface area contributed by atoms with Gasteiger partial charge in [-0.05, 0) is 37.6 Å². The first-order valence-corrected chi connectivity index (χ1v) is 7.79. The van der Waals surface area contributed by atoms with Crippen molar-refractivity contribution in [2.45, 2.75) is 33.1 Å². The molecule has 0 fully saturated rings. The number of ether oxygens (including phenoxy) is 2. The molecule has 24 heavy (non-hydrogen) atoms. The molecule has 0 atom stereocenters. The molecule has 0 saturated carbocycles. The van der Waals surface area contributed by atoms with Crippen LogP contribution in [0.2, 0.25) is 0 Å². The van der Waals surface area contributed by atoms with E-state index in [2.05, 4.69) is 6.92 Å². The highest BCUT2D eigenvalue weighted by atomic mass is 16.5. The summed E-state index contributed by atoms with van der Waals surface area (Å²) in [5.41, 5.74) is 5.63. The van der Waals surface area contributed by atoms with Gasteiger partial charge in [-0.3, -0.25) is 4.79 Å². The predicted molar refractivity (Wildman–Crippen MR) is 89.3 cm³/mol. The molecule has 6 nitrogen and oxygen atoms in total. The van der Waals surface area contributed by atoms with Crippen molar-refractivity contribution in [2.75, 3.05) is 13.2 Å². The maximum atomic E-state index is 11.9. The van der Waals surface area contributed by atoms with E-state index in [0.717, 1.165) is 19.3 Å². The molecule has 0 heterocycles. The molecule has 0 aliphatic heterocycles. The lowest BCUT2D eigenvalue weighted by atomic mass is 10.1. The largest absolute Gasteiger partial charge is 0.494 e. The monoisotopic (exact) mass is 330 g/mol. The van der Waals surface area contributed by atoms with E-state index in [1.165, 1.54) is 6.92 Å². The van der Waals surface area contributed by atoms with Crippen molar-refractivity contribution in [3.63, 3.8) is 0 Å².